The lowest BCUT2D eigenvalue weighted by molar-refractivity contribution is 0.242. The van der Waals surface area contributed by atoms with Crippen molar-refractivity contribution in [2.45, 2.75) is 52.3 Å². The van der Waals surface area contributed by atoms with Gasteiger partial charge in [0.05, 0.1) is 12.6 Å². The molecule has 0 bridgehead atoms. The van der Waals surface area contributed by atoms with Gasteiger partial charge in [-0.15, -0.1) is 10.2 Å². The van der Waals surface area contributed by atoms with E-state index in [0.29, 0.717) is 12.6 Å². The molecule has 0 aliphatic heterocycles. The summed E-state index contributed by atoms with van der Waals surface area (Å²) in [5.74, 6) is 1.58. The summed E-state index contributed by atoms with van der Waals surface area (Å²) in [5.41, 5.74) is 1.71. The molecular weight excluding hydrogens is 306 g/mol. The Kier molecular flexibility index (Phi) is 4.69. The van der Waals surface area contributed by atoms with Crippen molar-refractivity contribution in [3.05, 3.63) is 35.9 Å². The molecule has 1 aliphatic rings. The van der Waals surface area contributed by atoms with Crippen LogP contribution in [-0.4, -0.2) is 26.9 Å². The van der Waals surface area contributed by atoms with Crippen LogP contribution in [0.3, 0.4) is 0 Å². The fourth-order valence-corrected chi connectivity index (χ4v) is 2.50. The van der Waals surface area contributed by atoms with Crippen molar-refractivity contribution in [2.24, 2.45) is 0 Å². The van der Waals surface area contributed by atoms with E-state index in [2.05, 4.69) is 20.8 Å². The van der Waals surface area contributed by atoms with Crippen LogP contribution in [0.25, 0.3) is 0 Å². The first-order valence-electron chi connectivity index (χ1n) is 8.23. The Hall–Kier alpha value is -2.57. The van der Waals surface area contributed by atoms with Gasteiger partial charge in [-0.1, -0.05) is 0 Å². The third-order valence-electron chi connectivity index (χ3n) is 3.81. The van der Waals surface area contributed by atoms with Crippen LogP contribution in [0.2, 0.25) is 0 Å². The van der Waals surface area contributed by atoms with Crippen LogP contribution in [0.5, 0.6) is 5.75 Å². The molecule has 128 valence electrons. The molecule has 0 spiro atoms. The third-order valence-corrected chi connectivity index (χ3v) is 3.81. The molecule has 1 saturated carbocycles. The maximum atomic E-state index is 12.1. The SMILES string of the molecule is Cc1cc(OC(C)C)ccc1NC(=O)NCc1nncn1C1CC1. The number of amides is 2. The lowest BCUT2D eigenvalue weighted by Gasteiger charge is -2.13. The van der Waals surface area contributed by atoms with Gasteiger partial charge in [0.2, 0.25) is 0 Å². The number of hydrogen-bond acceptors (Lipinski definition) is 4. The van der Waals surface area contributed by atoms with Gasteiger partial charge >= 0.3 is 6.03 Å². The number of rotatable bonds is 6. The Morgan fingerprint density at radius 3 is 2.88 bits per heavy atom. The topological polar surface area (TPSA) is 81.1 Å². The Balaban J connectivity index is 1.55. The Morgan fingerprint density at radius 1 is 1.42 bits per heavy atom. The molecule has 0 saturated heterocycles. The Labute approximate surface area is 141 Å². The predicted octanol–water partition coefficient (Wildman–Crippen LogP) is 3.03. The minimum absolute atomic E-state index is 0.121. The van der Waals surface area contributed by atoms with E-state index in [-0.39, 0.29) is 12.1 Å². The van der Waals surface area contributed by atoms with Gasteiger partial charge in [-0.05, 0) is 57.4 Å². The highest BCUT2D eigenvalue weighted by Gasteiger charge is 2.26. The molecule has 0 atom stereocenters. The minimum Gasteiger partial charge on any atom is -0.491 e. The van der Waals surface area contributed by atoms with Crippen molar-refractivity contribution >= 4 is 11.7 Å². The molecular formula is C17H23N5O2. The van der Waals surface area contributed by atoms with E-state index in [9.17, 15) is 4.79 Å². The molecule has 7 nitrogen and oxygen atoms in total. The highest BCUT2D eigenvalue weighted by atomic mass is 16.5. The van der Waals surface area contributed by atoms with Crippen molar-refractivity contribution in [3.8, 4) is 5.75 Å². The molecule has 2 amide bonds. The van der Waals surface area contributed by atoms with Crippen molar-refractivity contribution in [1.82, 2.24) is 20.1 Å². The molecule has 2 aromatic rings. The first-order valence-corrected chi connectivity index (χ1v) is 8.23. The summed E-state index contributed by atoms with van der Waals surface area (Å²) in [6.45, 7) is 6.26. The second-order valence-electron chi connectivity index (χ2n) is 6.34. The zero-order valence-electron chi connectivity index (χ0n) is 14.2. The molecule has 0 radical (unpaired) electrons. The second kappa shape index (κ2) is 6.90. The van der Waals surface area contributed by atoms with Gasteiger partial charge in [0.15, 0.2) is 5.82 Å². The van der Waals surface area contributed by atoms with Gasteiger partial charge in [-0.25, -0.2) is 4.79 Å². The maximum Gasteiger partial charge on any atom is 0.319 e. The smallest absolute Gasteiger partial charge is 0.319 e. The summed E-state index contributed by atoms with van der Waals surface area (Å²) in [4.78, 5) is 12.1. The monoisotopic (exact) mass is 329 g/mol. The van der Waals surface area contributed by atoms with Crippen LogP contribution >= 0.6 is 0 Å². The molecule has 0 unspecified atom stereocenters. The minimum atomic E-state index is -0.263. The molecule has 1 heterocycles. The van der Waals surface area contributed by atoms with Gasteiger partial charge in [0, 0.05) is 11.7 Å². The number of aryl methyl sites for hydroxylation is 1. The number of aromatic nitrogens is 3. The highest BCUT2D eigenvalue weighted by molar-refractivity contribution is 5.90. The van der Waals surface area contributed by atoms with E-state index in [1.165, 1.54) is 0 Å². The number of carbonyl (C=O) groups is 1. The first-order chi connectivity index (χ1) is 11.5. The number of ether oxygens (including phenoxy) is 1. The number of hydrogen-bond donors (Lipinski definition) is 2. The molecule has 7 heteroatoms. The lowest BCUT2D eigenvalue weighted by Crippen LogP contribution is -2.29. The van der Waals surface area contributed by atoms with Gasteiger partial charge in [-0.3, -0.25) is 0 Å². The summed E-state index contributed by atoms with van der Waals surface area (Å²) in [5, 5.41) is 13.7. The molecule has 2 N–H and O–H groups in total. The largest absolute Gasteiger partial charge is 0.491 e. The van der Waals surface area contributed by atoms with E-state index in [4.69, 9.17) is 4.74 Å². The van der Waals surface area contributed by atoms with Gasteiger partial charge in [-0.2, -0.15) is 0 Å². The standard InChI is InChI=1S/C17H23N5O2/c1-11(2)24-14-6-7-15(12(3)8-14)20-17(23)18-9-16-21-19-10-22(16)13-4-5-13/h6-8,10-11,13H,4-5,9H2,1-3H3,(H2,18,20,23). The zero-order valence-corrected chi connectivity index (χ0v) is 14.2. The maximum absolute atomic E-state index is 12.1. The summed E-state index contributed by atoms with van der Waals surface area (Å²) in [7, 11) is 0. The van der Waals surface area contributed by atoms with E-state index in [1.807, 2.05) is 43.5 Å². The number of carbonyl (C=O) groups excluding carboxylic acids is 1. The van der Waals surface area contributed by atoms with Gasteiger partial charge < -0.3 is 19.9 Å². The third kappa shape index (κ3) is 4.04. The lowest BCUT2D eigenvalue weighted by atomic mass is 10.2. The predicted molar refractivity (Wildman–Crippen MR) is 91.1 cm³/mol. The quantitative estimate of drug-likeness (QED) is 0.853. The van der Waals surface area contributed by atoms with Crippen LogP contribution < -0.4 is 15.4 Å². The van der Waals surface area contributed by atoms with E-state index < -0.39 is 0 Å². The number of nitrogens with zero attached hydrogens (tertiary/aromatic N) is 3. The molecule has 1 fully saturated rings. The molecule has 1 aliphatic carbocycles. The summed E-state index contributed by atoms with van der Waals surface area (Å²) in [6.07, 6.45) is 4.16. The number of nitrogens with one attached hydrogen (secondary N) is 2. The van der Waals surface area contributed by atoms with E-state index >= 15 is 0 Å². The van der Waals surface area contributed by atoms with E-state index in [1.54, 1.807) is 6.33 Å². The van der Waals surface area contributed by atoms with Crippen LogP contribution in [0, 0.1) is 6.92 Å². The van der Waals surface area contributed by atoms with Gasteiger partial charge in [0.1, 0.15) is 12.1 Å². The average Bonchev–Trinajstić information content (AvgIpc) is 3.26. The van der Waals surface area contributed by atoms with Crippen molar-refractivity contribution in [1.29, 1.82) is 0 Å². The van der Waals surface area contributed by atoms with Crippen LogP contribution in [0.1, 0.15) is 44.1 Å². The molecule has 1 aromatic carbocycles. The first kappa shape index (κ1) is 16.3. The number of anilines is 1. The normalized spacial score (nSPS) is 13.8. The molecule has 3 rings (SSSR count). The Morgan fingerprint density at radius 2 is 2.21 bits per heavy atom. The van der Waals surface area contributed by atoms with Crippen LogP contribution in [0.15, 0.2) is 24.5 Å². The van der Waals surface area contributed by atoms with Gasteiger partial charge in [0.25, 0.3) is 0 Å². The number of urea groups is 1. The second-order valence-corrected chi connectivity index (χ2v) is 6.34. The Bertz CT molecular complexity index is 722. The summed E-state index contributed by atoms with van der Waals surface area (Å²) in [6, 6.07) is 5.85. The molecule has 1 aromatic heterocycles. The molecule has 24 heavy (non-hydrogen) atoms. The average molecular weight is 329 g/mol. The fraction of sp³-hybridized carbons (Fsp3) is 0.471. The highest BCUT2D eigenvalue weighted by Crippen LogP contribution is 2.35. The van der Waals surface area contributed by atoms with Crippen LogP contribution in [-0.2, 0) is 6.54 Å². The number of benzene rings is 1. The van der Waals surface area contributed by atoms with Crippen molar-refractivity contribution < 1.29 is 9.53 Å². The van der Waals surface area contributed by atoms with Crippen molar-refractivity contribution in [2.75, 3.05) is 5.32 Å². The fourth-order valence-electron chi connectivity index (χ4n) is 2.50. The zero-order chi connectivity index (χ0) is 17.1. The van der Waals surface area contributed by atoms with E-state index in [0.717, 1.165) is 35.7 Å². The van der Waals surface area contributed by atoms with Crippen LogP contribution in [0.4, 0.5) is 10.5 Å². The van der Waals surface area contributed by atoms with Crippen molar-refractivity contribution in [3.63, 3.8) is 0 Å². The summed E-state index contributed by atoms with van der Waals surface area (Å²) >= 11 is 0. The summed E-state index contributed by atoms with van der Waals surface area (Å²) < 4.78 is 7.68.